The first kappa shape index (κ1) is 13.6. The van der Waals surface area contributed by atoms with Crippen molar-refractivity contribution in [2.24, 2.45) is 11.0 Å². The fourth-order valence-corrected chi connectivity index (χ4v) is 2.34. The minimum atomic E-state index is -0.0359. The Bertz CT molecular complexity index is 544. The quantitative estimate of drug-likeness (QED) is 0.483. The zero-order chi connectivity index (χ0) is 13.8. The second-order valence-corrected chi connectivity index (χ2v) is 5.08. The molecule has 1 atom stereocenters. The Morgan fingerprint density at radius 3 is 3.21 bits per heavy atom. The van der Waals surface area contributed by atoms with E-state index in [1.54, 1.807) is 17.2 Å². The number of hydrogen-bond donors (Lipinski definition) is 0. The van der Waals surface area contributed by atoms with Gasteiger partial charge in [-0.15, -0.1) is 0 Å². The second kappa shape index (κ2) is 5.90. The average molecular weight is 326 g/mol. The molecule has 1 aliphatic heterocycles. The third-order valence-corrected chi connectivity index (χ3v) is 3.32. The first-order chi connectivity index (χ1) is 9.15. The standard InChI is InChI=1S/C11H12BrN5O2/c1-19-9-3-8(12)5-14-11(9)17-6-7(2-10(17)18)4-15-16-13/h3,5,7H,2,4,6H2,1H3. The SMILES string of the molecule is COc1cc(Br)cnc1N1CC(CN=[N+]=[N-])CC1=O. The van der Waals surface area contributed by atoms with Gasteiger partial charge < -0.3 is 4.74 Å². The van der Waals surface area contributed by atoms with Crippen molar-refractivity contribution < 1.29 is 9.53 Å². The Hall–Kier alpha value is -1.79. The number of azide groups is 1. The van der Waals surface area contributed by atoms with Crippen molar-refractivity contribution in [2.75, 3.05) is 25.1 Å². The lowest BCUT2D eigenvalue weighted by atomic mass is 10.1. The van der Waals surface area contributed by atoms with Gasteiger partial charge in [0, 0.05) is 35.1 Å². The lowest BCUT2D eigenvalue weighted by molar-refractivity contribution is -0.117. The Kier molecular flexibility index (Phi) is 4.24. The summed E-state index contributed by atoms with van der Waals surface area (Å²) in [5.41, 5.74) is 8.31. The van der Waals surface area contributed by atoms with Crippen LogP contribution in [0.25, 0.3) is 10.4 Å². The molecule has 2 rings (SSSR count). The third-order valence-electron chi connectivity index (χ3n) is 2.88. The Labute approximate surface area is 118 Å². The van der Waals surface area contributed by atoms with Crippen LogP contribution in [-0.4, -0.2) is 31.1 Å². The molecule has 0 aromatic carbocycles. The number of amides is 1. The van der Waals surface area contributed by atoms with Gasteiger partial charge >= 0.3 is 0 Å². The molecule has 0 saturated carbocycles. The van der Waals surface area contributed by atoms with Crippen LogP contribution in [-0.2, 0) is 4.79 Å². The lowest BCUT2D eigenvalue weighted by Gasteiger charge is -2.18. The largest absolute Gasteiger partial charge is 0.493 e. The Balaban J connectivity index is 2.22. The van der Waals surface area contributed by atoms with Gasteiger partial charge in [-0.2, -0.15) is 0 Å². The second-order valence-electron chi connectivity index (χ2n) is 4.17. The monoisotopic (exact) mass is 325 g/mol. The lowest BCUT2D eigenvalue weighted by Crippen LogP contribution is -2.26. The van der Waals surface area contributed by atoms with E-state index < -0.39 is 0 Å². The molecular formula is C11H12BrN5O2. The summed E-state index contributed by atoms with van der Waals surface area (Å²) in [5, 5.41) is 3.52. The van der Waals surface area contributed by atoms with Crippen LogP contribution in [0.15, 0.2) is 21.9 Å². The van der Waals surface area contributed by atoms with E-state index in [1.807, 2.05) is 0 Å². The number of anilines is 1. The maximum atomic E-state index is 12.0. The van der Waals surface area contributed by atoms with Crippen molar-refractivity contribution >= 4 is 27.7 Å². The molecule has 1 aromatic heterocycles. The predicted molar refractivity (Wildman–Crippen MR) is 73.0 cm³/mol. The number of hydrogen-bond acceptors (Lipinski definition) is 4. The van der Waals surface area contributed by atoms with Crippen LogP contribution in [0, 0.1) is 5.92 Å². The number of carbonyl (C=O) groups excluding carboxylic acids is 1. The number of aromatic nitrogens is 1. The van der Waals surface area contributed by atoms with Gasteiger partial charge in [0.05, 0.1) is 7.11 Å². The molecule has 0 N–H and O–H groups in total. The van der Waals surface area contributed by atoms with Crippen LogP contribution >= 0.6 is 15.9 Å². The van der Waals surface area contributed by atoms with Crippen LogP contribution in [0.1, 0.15) is 6.42 Å². The van der Waals surface area contributed by atoms with Gasteiger partial charge in [-0.25, -0.2) is 4.98 Å². The van der Waals surface area contributed by atoms with E-state index in [-0.39, 0.29) is 11.8 Å². The summed E-state index contributed by atoms with van der Waals surface area (Å²) in [5.74, 6) is 1.02. The summed E-state index contributed by atoms with van der Waals surface area (Å²) >= 11 is 3.31. The van der Waals surface area contributed by atoms with E-state index in [2.05, 4.69) is 30.9 Å². The molecule has 2 heterocycles. The molecule has 0 spiro atoms. The highest BCUT2D eigenvalue weighted by Crippen LogP contribution is 2.32. The molecular weight excluding hydrogens is 314 g/mol. The highest BCUT2D eigenvalue weighted by Gasteiger charge is 2.32. The van der Waals surface area contributed by atoms with E-state index in [0.29, 0.717) is 31.1 Å². The molecule has 1 unspecified atom stereocenters. The summed E-state index contributed by atoms with van der Waals surface area (Å²) in [6.45, 7) is 0.806. The third kappa shape index (κ3) is 2.97. The normalized spacial score (nSPS) is 18.3. The molecule has 0 aliphatic carbocycles. The van der Waals surface area contributed by atoms with Gasteiger partial charge in [-0.3, -0.25) is 9.69 Å². The summed E-state index contributed by atoms with van der Waals surface area (Å²) in [4.78, 5) is 20.5. The molecule has 100 valence electrons. The molecule has 0 radical (unpaired) electrons. The van der Waals surface area contributed by atoms with Crippen LogP contribution < -0.4 is 9.64 Å². The molecule has 8 heteroatoms. The maximum absolute atomic E-state index is 12.0. The summed E-state index contributed by atoms with van der Waals surface area (Å²) in [6, 6.07) is 1.76. The van der Waals surface area contributed by atoms with Crippen molar-refractivity contribution in [1.29, 1.82) is 0 Å². The van der Waals surface area contributed by atoms with E-state index in [9.17, 15) is 4.79 Å². The number of halogens is 1. The molecule has 19 heavy (non-hydrogen) atoms. The molecule has 1 aromatic rings. The summed E-state index contributed by atoms with van der Waals surface area (Å²) < 4.78 is 6.02. The van der Waals surface area contributed by atoms with Gasteiger partial charge in [-0.1, -0.05) is 5.11 Å². The van der Waals surface area contributed by atoms with Crippen LogP contribution in [0.5, 0.6) is 5.75 Å². The number of ether oxygens (including phenoxy) is 1. The zero-order valence-electron chi connectivity index (χ0n) is 10.3. The zero-order valence-corrected chi connectivity index (χ0v) is 11.9. The average Bonchev–Trinajstić information content (AvgIpc) is 2.77. The van der Waals surface area contributed by atoms with Crippen LogP contribution in [0.4, 0.5) is 5.82 Å². The highest BCUT2D eigenvalue weighted by molar-refractivity contribution is 9.10. The fraction of sp³-hybridized carbons (Fsp3) is 0.455. The van der Waals surface area contributed by atoms with Crippen molar-refractivity contribution in [2.45, 2.75) is 6.42 Å². The Morgan fingerprint density at radius 1 is 1.74 bits per heavy atom. The Morgan fingerprint density at radius 2 is 2.53 bits per heavy atom. The minimum absolute atomic E-state index is 0.0264. The first-order valence-electron chi connectivity index (χ1n) is 5.66. The van der Waals surface area contributed by atoms with Crippen molar-refractivity contribution in [3.8, 4) is 5.75 Å². The summed E-state index contributed by atoms with van der Waals surface area (Å²) in [6.07, 6.45) is 1.98. The number of carbonyl (C=O) groups is 1. The van der Waals surface area contributed by atoms with Crippen molar-refractivity contribution in [1.82, 2.24) is 4.98 Å². The molecule has 1 amide bonds. The molecule has 7 nitrogen and oxygen atoms in total. The molecule has 1 aliphatic rings. The topological polar surface area (TPSA) is 91.2 Å². The first-order valence-corrected chi connectivity index (χ1v) is 6.45. The van der Waals surface area contributed by atoms with Gasteiger partial charge in [0.25, 0.3) is 0 Å². The molecule has 0 bridgehead atoms. The van der Waals surface area contributed by atoms with Gasteiger partial charge in [-0.05, 0) is 33.4 Å². The minimum Gasteiger partial charge on any atom is -0.493 e. The summed E-state index contributed by atoms with van der Waals surface area (Å²) in [7, 11) is 1.53. The number of rotatable bonds is 4. The number of nitrogens with zero attached hydrogens (tertiary/aromatic N) is 5. The van der Waals surface area contributed by atoms with Gasteiger partial charge in [0.15, 0.2) is 11.6 Å². The van der Waals surface area contributed by atoms with E-state index in [1.165, 1.54) is 7.11 Å². The van der Waals surface area contributed by atoms with Crippen molar-refractivity contribution in [3.05, 3.63) is 27.2 Å². The van der Waals surface area contributed by atoms with Gasteiger partial charge in [0.2, 0.25) is 5.91 Å². The molecule has 1 fully saturated rings. The smallest absolute Gasteiger partial charge is 0.228 e. The number of pyridine rings is 1. The van der Waals surface area contributed by atoms with E-state index in [0.717, 1.165) is 4.47 Å². The van der Waals surface area contributed by atoms with Crippen molar-refractivity contribution in [3.63, 3.8) is 0 Å². The van der Waals surface area contributed by atoms with Gasteiger partial charge in [0.1, 0.15) is 0 Å². The fourth-order valence-electron chi connectivity index (χ4n) is 2.03. The van der Waals surface area contributed by atoms with Crippen LogP contribution in [0.3, 0.4) is 0 Å². The van der Waals surface area contributed by atoms with Crippen LogP contribution in [0.2, 0.25) is 0 Å². The number of methoxy groups -OCH3 is 1. The molecule has 1 saturated heterocycles. The van der Waals surface area contributed by atoms with E-state index >= 15 is 0 Å². The highest BCUT2D eigenvalue weighted by atomic mass is 79.9. The predicted octanol–water partition coefficient (Wildman–Crippen LogP) is 2.52. The maximum Gasteiger partial charge on any atom is 0.228 e. The van der Waals surface area contributed by atoms with E-state index in [4.69, 9.17) is 10.3 Å².